The van der Waals surface area contributed by atoms with Crippen LogP contribution in [-0.4, -0.2) is 30.7 Å². The molecule has 1 aliphatic rings. The predicted octanol–water partition coefficient (Wildman–Crippen LogP) is 2.48. The highest BCUT2D eigenvalue weighted by Gasteiger charge is 2.32. The molecule has 0 aromatic heterocycles. The summed E-state index contributed by atoms with van der Waals surface area (Å²) in [7, 11) is 2.02. The monoisotopic (exact) mass is 205 g/mol. The molecular weight excluding hydrogens is 184 g/mol. The van der Waals surface area contributed by atoms with E-state index in [2.05, 4.69) is 42.7 Å². The van der Waals surface area contributed by atoms with Crippen LogP contribution < -0.4 is 4.90 Å². The fraction of sp³-hybridized carbons (Fsp3) is 0.538. The standard InChI is InChI=1S/C13H20N2/c1-10-7-5-6-8-13(10)15-9-14(4)11(2)12(15)3/h5-8,11-12H,9H2,1-4H3/t11?,12-/m0/s1/i9D/t9?,11?,12-. The summed E-state index contributed by atoms with van der Waals surface area (Å²) in [6, 6.07) is 9.11. The molecule has 2 rings (SSSR count). The first kappa shape index (κ1) is 9.22. The van der Waals surface area contributed by atoms with E-state index < -0.39 is 0 Å². The van der Waals surface area contributed by atoms with Crippen LogP contribution in [0, 0.1) is 6.92 Å². The van der Waals surface area contributed by atoms with Crippen molar-refractivity contribution in [2.24, 2.45) is 0 Å². The third kappa shape index (κ3) is 1.74. The molecule has 0 radical (unpaired) electrons. The molecular formula is C13H20N2. The lowest BCUT2D eigenvalue weighted by atomic mass is 10.1. The predicted molar refractivity (Wildman–Crippen MR) is 65.2 cm³/mol. The Kier molecular flexibility index (Phi) is 2.37. The zero-order valence-electron chi connectivity index (χ0n) is 10.9. The van der Waals surface area contributed by atoms with E-state index >= 15 is 0 Å². The van der Waals surface area contributed by atoms with Crippen molar-refractivity contribution in [3.05, 3.63) is 29.8 Å². The van der Waals surface area contributed by atoms with Crippen molar-refractivity contribution in [3.63, 3.8) is 0 Å². The van der Waals surface area contributed by atoms with Gasteiger partial charge in [-0.25, -0.2) is 0 Å². The summed E-state index contributed by atoms with van der Waals surface area (Å²) in [5, 5.41) is 0. The maximum Gasteiger partial charge on any atom is 0.0711 e. The van der Waals surface area contributed by atoms with Gasteiger partial charge in [-0.1, -0.05) is 18.2 Å². The van der Waals surface area contributed by atoms with Gasteiger partial charge in [0.25, 0.3) is 0 Å². The molecule has 1 aliphatic heterocycles. The first-order valence-electron chi connectivity index (χ1n) is 6.10. The second-order valence-electron chi connectivity index (χ2n) is 4.46. The molecule has 1 heterocycles. The molecule has 0 aliphatic carbocycles. The van der Waals surface area contributed by atoms with Crippen molar-refractivity contribution in [2.45, 2.75) is 32.9 Å². The Hall–Kier alpha value is -1.02. The molecule has 15 heavy (non-hydrogen) atoms. The second-order valence-corrected chi connectivity index (χ2v) is 4.46. The first-order valence-corrected chi connectivity index (χ1v) is 5.52. The molecule has 2 nitrogen and oxygen atoms in total. The summed E-state index contributed by atoms with van der Waals surface area (Å²) in [5.74, 6) is 0. The maximum atomic E-state index is 8.24. The van der Waals surface area contributed by atoms with Crippen molar-refractivity contribution >= 4 is 5.69 Å². The molecule has 3 atom stereocenters. The lowest BCUT2D eigenvalue weighted by Crippen LogP contribution is -2.31. The van der Waals surface area contributed by atoms with Crippen molar-refractivity contribution in [3.8, 4) is 0 Å². The SMILES string of the molecule is [2H]C1N(C)C(C)[C@H](C)N1c1ccccc1C. The zero-order chi connectivity index (χ0) is 11.9. The molecule has 1 aromatic rings. The highest BCUT2D eigenvalue weighted by atomic mass is 15.4. The van der Waals surface area contributed by atoms with Crippen LogP contribution in [0.3, 0.4) is 0 Å². The van der Waals surface area contributed by atoms with Crippen molar-refractivity contribution in [1.82, 2.24) is 4.90 Å². The van der Waals surface area contributed by atoms with Crippen LogP contribution in [-0.2, 0) is 0 Å². The molecule has 0 saturated carbocycles. The molecule has 0 N–H and O–H groups in total. The fourth-order valence-electron chi connectivity index (χ4n) is 2.11. The van der Waals surface area contributed by atoms with Gasteiger partial charge in [0.15, 0.2) is 0 Å². The van der Waals surface area contributed by atoms with Crippen molar-refractivity contribution < 1.29 is 1.37 Å². The average molecular weight is 205 g/mol. The number of hydrogen-bond acceptors (Lipinski definition) is 2. The summed E-state index contributed by atoms with van der Waals surface area (Å²) in [6.45, 7) is 6.22. The molecule has 1 saturated heterocycles. The number of hydrogen-bond donors (Lipinski definition) is 0. The largest absolute Gasteiger partial charge is 0.354 e. The van der Waals surface area contributed by atoms with Crippen LogP contribution in [0.1, 0.15) is 20.8 Å². The number of aryl methyl sites for hydroxylation is 1. The smallest absolute Gasteiger partial charge is 0.0711 e. The minimum Gasteiger partial charge on any atom is -0.354 e. The Balaban J connectivity index is 2.38. The lowest BCUT2D eigenvalue weighted by Gasteiger charge is -2.25. The normalized spacial score (nSPS) is 33.2. The summed E-state index contributed by atoms with van der Waals surface area (Å²) in [6.07, 6.45) is 0. The number of para-hydroxylation sites is 1. The summed E-state index contributed by atoms with van der Waals surface area (Å²) in [5.41, 5.74) is 2.43. The number of likely N-dealkylation sites (N-methyl/N-ethyl adjacent to an activating group) is 1. The quantitative estimate of drug-likeness (QED) is 0.695. The minimum absolute atomic E-state index is 0.272. The molecule has 82 valence electrons. The van der Waals surface area contributed by atoms with Crippen LogP contribution in [0.4, 0.5) is 5.69 Å². The Bertz CT molecular complexity index is 366. The highest BCUT2D eigenvalue weighted by Crippen LogP contribution is 2.28. The topological polar surface area (TPSA) is 6.48 Å². The van der Waals surface area contributed by atoms with E-state index in [0.29, 0.717) is 12.1 Å². The van der Waals surface area contributed by atoms with Crippen LogP contribution in [0.25, 0.3) is 0 Å². The fourth-order valence-corrected chi connectivity index (χ4v) is 2.11. The van der Waals surface area contributed by atoms with E-state index in [4.69, 9.17) is 1.37 Å². The van der Waals surface area contributed by atoms with Crippen LogP contribution in [0.5, 0.6) is 0 Å². The lowest BCUT2D eigenvalue weighted by molar-refractivity contribution is 0.321. The van der Waals surface area contributed by atoms with Gasteiger partial charge in [0.05, 0.1) is 8.02 Å². The Labute approximate surface area is 93.9 Å². The van der Waals surface area contributed by atoms with Gasteiger partial charge in [0.2, 0.25) is 0 Å². The van der Waals surface area contributed by atoms with Gasteiger partial charge in [0, 0.05) is 17.8 Å². The molecule has 0 spiro atoms. The molecule has 2 unspecified atom stereocenters. The van der Waals surface area contributed by atoms with Gasteiger partial charge >= 0.3 is 0 Å². The van der Waals surface area contributed by atoms with Crippen molar-refractivity contribution in [1.29, 1.82) is 0 Å². The zero-order valence-corrected chi connectivity index (χ0v) is 9.94. The molecule has 0 bridgehead atoms. The molecule has 2 heteroatoms. The summed E-state index contributed by atoms with van der Waals surface area (Å²) in [4.78, 5) is 4.30. The van der Waals surface area contributed by atoms with Gasteiger partial charge in [0.1, 0.15) is 0 Å². The van der Waals surface area contributed by atoms with Crippen molar-refractivity contribution in [2.75, 3.05) is 18.6 Å². The van der Waals surface area contributed by atoms with Crippen LogP contribution >= 0.6 is 0 Å². The van der Waals surface area contributed by atoms with E-state index in [1.54, 1.807) is 0 Å². The van der Waals surface area contributed by atoms with E-state index in [0.717, 1.165) is 0 Å². The molecule has 1 fully saturated rings. The number of anilines is 1. The summed E-state index contributed by atoms with van der Waals surface area (Å²) >= 11 is 0. The number of nitrogens with zero attached hydrogens (tertiary/aromatic N) is 2. The first-order chi connectivity index (χ1) is 7.54. The maximum absolute atomic E-state index is 8.24. The molecule has 1 aromatic carbocycles. The second kappa shape index (κ2) is 3.86. The van der Waals surface area contributed by atoms with E-state index in [-0.39, 0.29) is 6.64 Å². The highest BCUT2D eigenvalue weighted by molar-refractivity contribution is 5.54. The number of benzene rings is 1. The Morgan fingerprint density at radius 1 is 1.27 bits per heavy atom. The summed E-state index contributed by atoms with van der Waals surface area (Å²) < 4.78 is 8.24. The van der Waals surface area contributed by atoms with E-state index in [9.17, 15) is 0 Å². The van der Waals surface area contributed by atoms with Gasteiger partial charge in [-0.3, -0.25) is 4.90 Å². The van der Waals surface area contributed by atoms with Gasteiger partial charge < -0.3 is 4.90 Å². The van der Waals surface area contributed by atoms with E-state index in [1.807, 2.05) is 19.2 Å². The molecule has 0 amide bonds. The van der Waals surface area contributed by atoms with E-state index in [1.165, 1.54) is 11.3 Å². The Morgan fingerprint density at radius 3 is 2.47 bits per heavy atom. The van der Waals surface area contributed by atoms with Gasteiger partial charge in [-0.2, -0.15) is 0 Å². The van der Waals surface area contributed by atoms with Crippen LogP contribution in [0.2, 0.25) is 0 Å². The van der Waals surface area contributed by atoms with Gasteiger partial charge in [-0.15, -0.1) is 0 Å². The van der Waals surface area contributed by atoms with Gasteiger partial charge in [-0.05, 0) is 39.4 Å². The minimum atomic E-state index is -0.272. The van der Waals surface area contributed by atoms with Crippen LogP contribution in [0.15, 0.2) is 24.3 Å². The Morgan fingerprint density at radius 2 is 1.93 bits per heavy atom. The third-order valence-corrected chi connectivity index (χ3v) is 3.48. The third-order valence-electron chi connectivity index (χ3n) is 3.48. The number of rotatable bonds is 1. The average Bonchev–Trinajstić information content (AvgIpc) is 2.45.